The van der Waals surface area contributed by atoms with Gasteiger partial charge in [0, 0.05) is 18.0 Å². The summed E-state index contributed by atoms with van der Waals surface area (Å²) >= 11 is 0. The normalized spacial score (nSPS) is 11.8. The van der Waals surface area contributed by atoms with Crippen molar-refractivity contribution in [3.05, 3.63) is 53.9 Å². The van der Waals surface area contributed by atoms with Gasteiger partial charge in [0.05, 0.1) is 18.9 Å². The molecule has 0 saturated heterocycles. The molecule has 2 aromatic rings. The number of hydrazone groups is 1. The van der Waals surface area contributed by atoms with E-state index in [1.165, 1.54) is 26.4 Å². The summed E-state index contributed by atoms with van der Waals surface area (Å²) in [5, 5.41) is 12.9. The molecule has 2 N–H and O–H groups in total. The lowest BCUT2D eigenvalue weighted by Gasteiger charge is -2.15. The standard InChI is InChI=1S/C17H17N3O5/c1-11(17(22)23)25-15-12(5-3-7-14(15)24-2)10-19-20-16(21)13-6-4-8-18-9-13/h3-11H,1-2H3,(H,20,21)(H,22,23)/b19-10-/t11-/m0/s1. The smallest absolute Gasteiger partial charge is 0.344 e. The Kier molecular flexibility index (Phi) is 6.05. The van der Waals surface area contributed by atoms with E-state index in [0.717, 1.165) is 0 Å². The molecule has 0 saturated carbocycles. The van der Waals surface area contributed by atoms with Crippen molar-refractivity contribution in [3.63, 3.8) is 0 Å². The number of carbonyl (C=O) groups excluding carboxylic acids is 1. The van der Waals surface area contributed by atoms with Gasteiger partial charge in [-0.05, 0) is 31.2 Å². The van der Waals surface area contributed by atoms with E-state index in [9.17, 15) is 9.59 Å². The number of nitrogens with one attached hydrogen (secondary N) is 1. The maximum absolute atomic E-state index is 11.9. The Labute approximate surface area is 144 Å². The monoisotopic (exact) mass is 343 g/mol. The minimum atomic E-state index is -1.11. The Balaban J connectivity index is 2.18. The lowest BCUT2D eigenvalue weighted by Crippen LogP contribution is -2.24. The van der Waals surface area contributed by atoms with Crippen molar-refractivity contribution in [2.75, 3.05) is 7.11 Å². The number of carbonyl (C=O) groups is 2. The van der Waals surface area contributed by atoms with Crippen LogP contribution in [0.4, 0.5) is 0 Å². The molecule has 8 nitrogen and oxygen atoms in total. The number of rotatable bonds is 7. The van der Waals surface area contributed by atoms with E-state index in [0.29, 0.717) is 16.9 Å². The van der Waals surface area contributed by atoms with E-state index in [1.807, 2.05) is 0 Å². The number of amides is 1. The molecular formula is C17H17N3O5. The third-order valence-electron chi connectivity index (χ3n) is 3.17. The van der Waals surface area contributed by atoms with Crippen molar-refractivity contribution in [2.45, 2.75) is 13.0 Å². The highest BCUT2D eigenvalue weighted by atomic mass is 16.5. The third kappa shape index (κ3) is 4.77. The molecule has 1 aromatic carbocycles. The van der Waals surface area contributed by atoms with Gasteiger partial charge in [-0.2, -0.15) is 5.10 Å². The second-order valence-corrected chi connectivity index (χ2v) is 4.92. The zero-order valence-electron chi connectivity index (χ0n) is 13.7. The van der Waals surface area contributed by atoms with Crippen LogP contribution in [0.2, 0.25) is 0 Å². The minimum Gasteiger partial charge on any atom is -0.493 e. The number of benzene rings is 1. The number of nitrogens with zero attached hydrogens (tertiary/aromatic N) is 2. The molecule has 25 heavy (non-hydrogen) atoms. The summed E-state index contributed by atoms with van der Waals surface area (Å²) in [5.74, 6) is -0.956. The Morgan fingerprint density at radius 1 is 1.32 bits per heavy atom. The van der Waals surface area contributed by atoms with Crippen molar-refractivity contribution >= 4 is 18.1 Å². The summed E-state index contributed by atoms with van der Waals surface area (Å²) in [5.41, 5.74) is 3.19. The van der Waals surface area contributed by atoms with Crippen LogP contribution in [0.1, 0.15) is 22.8 Å². The molecule has 0 aliphatic rings. The molecule has 1 atom stereocenters. The highest BCUT2D eigenvalue weighted by Gasteiger charge is 2.18. The first-order valence-corrected chi connectivity index (χ1v) is 7.32. The predicted octanol–water partition coefficient (Wildman–Crippen LogP) is 1.71. The second-order valence-electron chi connectivity index (χ2n) is 4.92. The highest BCUT2D eigenvalue weighted by Crippen LogP contribution is 2.31. The Morgan fingerprint density at radius 3 is 2.76 bits per heavy atom. The molecule has 0 spiro atoms. The lowest BCUT2D eigenvalue weighted by atomic mass is 10.2. The molecule has 1 amide bonds. The van der Waals surface area contributed by atoms with Gasteiger partial charge in [-0.1, -0.05) is 6.07 Å². The molecule has 0 aliphatic carbocycles. The summed E-state index contributed by atoms with van der Waals surface area (Å²) in [6.07, 6.45) is 3.25. The summed E-state index contributed by atoms with van der Waals surface area (Å²) < 4.78 is 10.6. The van der Waals surface area contributed by atoms with Gasteiger partial charge < -0.3 is 14.6 Å². The average molecular weight is 343 g/mol. The number of methoxy groups -OCH3 is 1. The molecule has 1 aromatic heterocycles. The summed E-state index contributed by atoms with van der Waals surface area (Å²) in [6, 6.07) is 8.23. The van der Waals surface area contributed by atoms with Crippen LogP contribution in [0.5, 0.6) is 11.5 Å². The van der Waals surface area contributed by atoms with Crippen molar-refractivity contribution in [3.8, 4) is 11.5 Å². The number of carboxylic acid groups (broad SMARTS) is 1. The SMILES string of the molecule is COc1cccc(/C=N\NC(=O)c2cccnc2)c1O[C@@H](C)C(=O)O. The van der Waals surface area contributed by atoms with E-state index >= 15 is 0 Å². The van der Waals surface area contributed by atoms with Crippen molar-refractivity contribution in [1.29, 1.82) is 0 Å². The van der Waals surface area contributed by atoms with Crippen LogP contribution in [0.3, 0.4) is 0 Å². The first-order chi connectivity index (χ1) is 12.0. The maximum Gasteiger partial charge on any atom is 0.344 e. The van der Waals surface area contributed by atoms with Gasteiger partial charge in [0.15, 0.2) is 17.6 Å². The van der Waals surface area contributed by atoms with Crippen LogP contribution in [0.25, 0.3) is 0 Å². The fraction of sp³-hybridized carbons (Fsp3) is 0.176. The largest absolute Gasteiger partial charge is 0.493 e. The van der Waals surface area contributed by atoms with E-state index in [-0.39, 0.29) is 5.75 Å². The number of aromatic nitrogens is 1. The van der Waals surface area contributed by atoms with Gasteiger partial charge in [0.2, 0.25) is 0 Å². The number of carboxylic acids is 1. The average Bonchev–Trinajstić information content (AvgIpc) is 2.63. The summed E-state index contributed by atoms with van der Waals surface area (Å²) in [6.45, 7) is 1.40. The van der Waals surface area contributed by atoms with Crippen molar-refractivity contribution in [2.24, 2.45) is 5.10 Å². The quantitative estimate of drug-likeness (QED) is 0.585. The number of hydrogen-bond acceptors (Lipinski definition) is 6. The van der Waals surface area contributed by atoms with E-state index in [2.05, 4.69) is 15.5 Å². The topological polar surface area (TPSA) is 110 Å². The Morgan fingerprint density at radius 2 is 2.12 bits per heavy atom. The van der Waals surface area contributed by atoms with E-state index in [1.54, 1.807) is 36.5 Å². The summed E-state index contributed by atoms with van der Waals surface area (Å²) in [7, 11) is 1.44. The molecule has 2 rings (SSSR count). The molecule has 0 aliphatic heterocycles. The molecule has 0 bridgehead atoms. The fourth-order valence-electron chi connectivity index (χ4n) is 1.87. The van der Waals surface area contributed by atoms with E-state index in [4.69, 9.17) is 14.6 Å². The third-order valence-corrected chi connectivity index (χ3v) is 3.17. The van der Waals surface area contributed by atoms with Crippen LogP contribution >= 0.6 is 0 Å². The van der Waals surface area contributed by atoms with Crippen LogP contribution in [-0.2, 0) is 4.79 Å². The number of hydrogen-bond donors (Lipinski definition) is 2. The van der Waals surface area contributed by atoms with Gasteiger partial charge in [-0.3, -0.25) is 9.78 Å². The minimum absolute atomic E-state index is 0.222. The van der Waals surface area contributed by atoms with Gasteiger partial charge in [-0.15, -0.1) is 0 Å². The Bertz CT molecular complexity index is 777. The molecule has 1 heterocycles. The van der Waals surface area contributed by atoms with Gasteiger partial charge >= 0.3 is 5.97 Å². The number of para-hydroxylation sites is 1. The lowest BCUT2D eigenvalue weighted by molar-refractivity contribution is -0.144. The highest BCUT2D eigenvalue weighted by molar-refractivity contribution is 5.95. The zero-order chi connectivity index (χ0) is 18.2. The predicted molar refractivity (Wildman–Crippen MR) is 90.0 cm³/mol. The molecular weight excluding hydrogens is 326 g/mol. The molecule has 0 unspecified atom stereocenters. The first-order valence-electron chi connectivity index (χ1n) is 7.32. The van der Waals surface area contributed by atoms with Gasteiger partial charge in [0.1, 0.15) is 0 Å². The first kappa shape index (κ1) is 17.9. The van der Waals surface area contributed by atoms with Gasteiger partial charge in [0.25, 0.3) is 5.91 Å². The molecule has 0 fully saturated rings. The molecule has 0 radical (unpaired) electrons. The van der Waals surface area contributed by atoms with Gasteiger partial charge in [-0.25, -0.2) is 10.2 Å². The zero-order valence-corrected chi connectivity index (χ0v) is 13.7. The van der Waals surface area contributed by atoms with Crippen LogP contribution < -0.4 is 14.9 Å². The molecule has 8 heteroatoms. The number of aliphatic carboxylic acids is 1. The molecule has 130 valence electrons. The van der Waals surface area contributed by atoms with Crippen LogP contribution in [-0.4, -0.2) is 41.4 Å². The van der Waals surface area contributed by atoms with Crippen LogP contribution in [0, 0.1) is 0 Å². The summed E-state index contributed by atoms with van der Waals surface area (Å²) in [4.78, 5) is 26.8. The second kappa shape index (κ2) is 8.44. The number of pyridine rings is 1. The fourth-order valence-corrected chi connectivity index (χ4v) is 1.87. The van der Waals surface area contributed by atoms with Crippen LogP contribution in [0.15, 0.2) is 47.8 Å². The number of ether oxygens (including phenoxy) is 2. The van der Waals surface area contributed by atoms with Crippen molar-refractivity contribution in [1.82, 2.24) is 10.4 Å². The Hall–Kier alpha value is -3.42. The van der Waals surface area contributed by atoms with Crippen molar-refractivity contribution < 1.29 is 24.2 Å². The van der Waals surface area contributed by atoms with E-state index < -0.39 is 18.0 Å². The maximum atomic E-state index is 11.9.